The third-order valence-electron chi connectivity index (χ3n) is 8.87. The molecule has 226 valence electrons. The number of carbonyl (C=O) groups is 1. The maximum absolute atomic E-state index is 15.5. The van der Waals surface area contributed by atoms with Crippen LogP contribution in [0.5, 0.6) is 5.75 Å². The summed E-state index contributed by atoms with van der Waals surface area (Å²) in [7, 11) is -2.13. The van der Waals surface area contributed by atoms with Crippen LogP contribution in [0.3, 0.4) is 0 Å². The van der Waals surface area contributed by atoms with E-state index < -0.39 is 44.3 Å². The van der Waals surface area contributed by atoms with Crippen LogP contribution in [0, 0.1) is 5.82 Å². The maximum Gasteiger partial charge on any atom is 0.387 e. The Balaban J connectivity index is 1.41. The van der Waals surface area contributed by atoms with Gasteiger partial charge in [-0.15, -0.1) is 0 Å². The Morgan fingerprint density at radius 3 is 2.42 bits per heavy atom. The molecular weight excluding hydrogens is 575 g/mol. The van der Waals surface area contributed by atoms with Crippen molar-refractivity contribution in [2.75, 3.05) is 0 Å². The number of nitrogens with zero attached hydrogens (tertiary/aromatic N) is 4. The number of aromatic nitrogens is 4. The molecule has 0 saturated carbocycles. The van der Waals surface area contributed by atoms with Gasteiger partial charge >= 0.3 is 6.61 Å². The first-order chi connectivity index (χ1) is 20.1. The molecule has 0 saturated heterocycles. The van der Waals surface area contributed by atoms with E-state index in [9.17, 15) is 13.6 Å². The van der Waals surface area contributed by atoms with Crippen LogP contribution in [0.2, 0.25) is 18.1 Å². The summed E-state index contributed by atoms with van der Waals surface area (Å²) in [6.45, 7) is 11.7. The monoisotopic (exact) mass is 609 g/mol. The average Bonchev–Trinajstić information content (AvgIpc) is 3.38. The minimum absolute atomic E-state index is 0.00125. The fourth-order valence-corrected chi connectivity index (χ4v) is 7.54. The van der Waals surface area contributed by atoms with Crippen molar-refractivity contribution in [2.45, 2.75) is 83.5 Å². The van der Waals surface area contributed by atoms with Gasteiger partial charge in [0.1, 0.15) is 23.0 Å². The zero-order chi connectivity index (χ0) is 31.1. The smallest absolute Gasteiger partial charge is 0.387 e. The zero-order valence-electron chi connectivity index (χ0n) is 25.1. The third kappa shape index (κ3) is 4.90. The average molecular weight is 610 g/mol. The van der Waals surface area contributed by atoms with E-state index in [0.717, 1.165) is 0 Å². The third-order valence-corrected chi connectivity index (χ3v) is 13.5. The molecule has 2 aliphatic rings. The summed E-state index contributed by atoms with van der Waals surface area (Å²) < 4.78 is 55.5. The lowest BCUT2D eigenvalue weighted by molar-refractivity contribution is -0.0507. The molecule has 2 aliphatic heterocycles. The number of fused-ring (bicyclic) bond motifs is 9. The minimum atomic E-state index is -3.06. The van der Waals surface area contributed by atoms with Gasteiger partial charge < -0.3 is 19.0 Å². The Kier molecular flexibility index (Phi) is 6.73. The van der Waals surface area contributed by atoms with Crippen molar-refractivity contribution in [1.29, 1.82) is 0 Å². The first kappa shape index (κ1) is 29.3. The van der Waals surface area contributed by atoms with Gasteiger partial charge in [0.25, 0.3) is 5.91 Å². The van der Waals surface area contributed by atoms with Gasteiger partial charge in [-0.1, -0.05) is 26.8 Å². The van der Waals surface area contributed by atoms with Crippen molar-refractivity contribution in [2.24, 2.45) is 0 Å². The van der Waals surface area contributed by atoms with Crippen LogP contribution in [-0.2, 0) is 10.0 Å². The Bertz CT molecular complexity index is 1750. The van der Waals surface area contributed by atoms with Crippen molar-refractivity contribution in [3.63, 3.8) is 0 Å². The molecule has 4 aromatic rings. The number of nitrogens with one attached hydrogen (secondary N) is 1. The number of hydrogen-bond donors (Lipinski definition) is 1. The van der Waals surface area contributed by atoms with E-state index >= 15 is 4.39 Å². The van der Waals surface area contributed by atoms with E-state index in [-0.39, 0.29) is 21.9 Å². The molecule has 2 atom stereocenters. The fraction of sp³-hybridized carbons (Fsp3) is 0.419. The van der Waals surface area contributed by atoms with Gasteiger partial charge in [-0.05, 0) is 56.6 Å². The second kappa shape index (κ2) is 9.88. The molecule has 0 aliphatic carbocycles. The normalized spacial score (nSPS) is 18.4. The maximum atomic E-state index is 15.5. The molecule has 0 unspecified atom stereocenters. The Morgan fingerprint density at radius 2 is 1.77 bits per heavy atom. The van der Waals surface area contributed by atoms with Crippen LogP contribution < -0.4 is 10.1 Å². The predicted octanol–water partition coefficient (Wildman–Crippen LogP) is 7.27. The predicted molar refractivity (Wildman–Crippen MR) is 158 cm³/mol. The number of rotatable bonds is 6. The van der Waals surface area contributed by atoms with Crippen LogP contribution in [-0.4, -0.2) is 40.4 Å². The summed E-state index contributed by atoms with van der Waals surface area (Å²) in [6.07, 6.45) is 3.56. The number of benzene rings is 2. The van der Waals surface area contributed by atoms with Crippen LogP contribution in [0.25, 0.3) is 22.2 Å². The summed E-state index contributed by atoms with van der Waals surface area (Å²) in [5.74, 6) is 0.0452. The number of imidazole rings is 1. The van der Waals surface area contributed by atoms with Gasteiger partial charge in [0.05, 0.1) is 23.1 Å². The molecule has 2 aromatic heterocycles. The Hall–Kier alpha value is -3.77. The standard InChI is InChI=1S/C31H34F3N5O3Si/c1-30(2,3)43(6,7)42-31(4,5)28-35-14-16(15-36-28)18-11-22-20(12-19(18)32)37-26-21-13-23(39(22)26)25-17(27(40)38-21)9-8-10-24(25)41-29(33)34/h8-12,14-15,21,23,29H,13H2,1-7H3,(H,38,40)/t21-,23+/m1/s1. The molecule has 8 nitrogen and oxygen atoms in total. The second-order valence-electron chi connectivity index (χ2n) is 13.2. The van der Waals surface area contributed by atoms with E-state index in [1.54, 1.807) is 24.5 Å². The highest BCUT2D eigenvalue weighted by Crippen LogP contribution is 2.48. The second-order valence-corrected chi connectivity index (χ2v) is 17.9. The fourth-order valence-electron chi connectivity index (χ4n) is 5.87. The summed E-state index contributed by atoms with van der Waals surface area (Å²) in [5.41, 5.74) is 1.58. The van der Waals surface area contributed by atoms with Gasteiger partial charge in [0, 0.05) is 40.7 Å². The molecular formula is C31H34F3N5O3Si. The number of ether oxygens (including phenoxy) is 1. The summed E-state index contributed by atoms with van der Waals surface area (Å²) >= 11 is 0. The number of amides is 1. The quantitative estimate of drug-likeness (QED) is 0.231. The molecule has 1 amide bonds. The number of hydrogen-bond acceptors (Lipinski definition) is 6. The van der Waals surface area contributed by atoms with E-state index in [1.807, 2.05) is 18.4 Å². The molecule has 6 rings (SSSR count). The SMILES string of the molecule is CC(C)(O[Si](C)(C)C(C)(C)C)c1ncc(-c2cc3c(cc2F)nc2n3[C@H]3C[C@H]2NC(=O)c2cccc(OC(F)F)c23)cn1. The molecule has 4 heterocycles. The van der Waals surface area contributed by atoms with E-state index in [0.29, 0.717) is 40.2 Å². The van der Waals surface area contributed by atoms with Crippen molar-refractivity contribution >= 4 is 25.3 Å². The molecule has 2 aromatic carbocycles. The summed E-state index contributed by atoms with van der Waals surface area (Å²) in [5, 5.41) is 2.94. The highest BCUT2D eigenvalue weighted by Gasteiger charge is 2.44. The minimum Gasteiger partial charge on any atom is -0.434 e. The van der Waals surface area contributed by atoms with Crippen LogP contribution in [0.1, 0.15) is 80.7 Å². The van der Waals surface area contributed by atoms with E-state index in [4.69, 9.17) is 9.16 Å². The van der Waals surface area contributed by atoms with Crippen molar-refractivity contribution in [3.05, 3.63) is 71.3 Å². The van der Waals surface area contributed by atoms with Gasteiger partial charge in [-0.25, -0.2) is 19.3 Å². The molecule has 43 heavy (non-hydrogen) atoms. The molecule has 0 fully saturated rings. The van der Waals surface area contributed by atoms with Crippen molar-refractivity contribution in [1.82, 2.24) is 24.8 Å². The van der Waals surface area contributed by atoms with Gasteiger partial charge in [0.2, 0.25) is 0 Å². The molecule has 0 spiro atoms. The summed E-state index contributed by atoms with van der Waals surface area (Å²) in [4.78, 5) is 26.8. The number of carbonyl (C=O) groups excluding carboxylic acids is 1. The van der Waals surface area contributed by atoms with Gasteiger partial charge in [0.15, 0.2) is 14.1 Å². The Labute approximate surface area is 248 Å². The highest BCUT2D eigenvalue weighted by molar-refractivity contribution is 6.74. The number of halogens is 3. The van der Waals surface area contributed by atoms with Crippen molar-refractivity contribution < 1.29 is 27.1 Å². The van der Waals surface area contributed by atoms with Crippen molar-refractivity contribution in [3.8, 4) is 16.9 Å². The lowest BCUT2D eigenvalue weighted by atomic mass is 9.97. The molecule has 2 bridgehead atoms. The highest BCUT2D eigenvalue weighted by atomic mass is 28.4. The zero-order valence-corrected chi connectivity index (χ0v) is 26.1. The summed E-state index contributed by atoms with van der Waals surface area (Å²) in [6, 6.07) is 6.53. The first-order valence-electron chi connectivity index (χ1n) is 14.2. The molecule has 12 heteroatoms. The molecule has 1 N–H and O–H groups in total. The Morgan fingerprint density at radius 1 is 1.07 bits per heavy atom. The van der Waals surface area contributed by atoms with Gasteiger partial charge in [-0.2, -0.15) is 8.78 Å². The lowest BCUT2D eigenvalue weighted by Gasteiger charge is -2.42. The molecule has 0 radical (unpaired) electrons. The van der Waals surface area contributed by atoms with E-state index in [1.165, 1.54) is 18.2 Å². The van der Waals surface area contributed by atoms with Crippen LogP contribution >= 0.6 is 0 Å². The lowest BCUT2D eigenvalue weighted by Crippen LogP contribution is -2.46. The largest absolute Gasteiger partial charge is 0.434 e. The van der Waals surface area contributed by atoms with Crippen LogP contribution in [0.15, 0.2) is 42.7 Å². The number of alkyl halides is 2. The topological polar surface area (TPSA) is 91.2 Å². The van der Waals surface area contributed by atoms with E-state index in [2.05, 4.69) is 54.1 Å². The van der Waals surface area contributed by atoms with Gasteiger partial charge in [-0.3, -0.25) is 4.79 Å². The van der Waals surface area contributed by atoms with Crippen LogP contribution in [0.4, 0.5) is 13.2 Å². The first-order valence-corrected chi connectivity index (χ1v) is 17.1.